The molecule has 1 fully saturated rings. The van der Waals surface area contributed by atoms with Crippen LogP contribution in [0.15, 0.2) is 15.5 Å². The molecule has 20 heavy (non-hydrogen) atoms. The fourth-order valence-electron chi connectivity index (χ4n) is 2.06. The van der Waals surface area contributed by atoms with Crippen molar-refractivity contribution in [3.63, 3.8) is 0 Å². The molecule has 0 radical (unpaired) electrons. The van der Waals surface area contributed by atoms with Gasteiger partial charge in [0.05, 0.1) is 22.3 Å². The third-order valence-electron chi connectivity index (χ3n) is 4.15. The van der Waals surface area contributed by atoms with Crippen molar-refractivity contribution in [2.45, 2.75) is 58.2 Å². The van der Waals surface area contributed by atoms with Gasteiger partial charge in [-0.15, -0.1) is 0 Å². The maximum atomic E-state index is 12.5. The molecule has 0 aromatic carbocycles. The molecule has 1 atom stereocenters. The SMILES string of the molecule is CC(O)C(C)(C)Nc1c(Br)cnn(CC2CCC2)c1=O. The van der Waals surface area contributed by atoms with E-state index < -0.39 is 11.6 Å². The Labute approximate surface area is 127 Å². The standard InChI is InChI=1S/C14H22BrN3O2/c1-9(19)14(2,3)17-12-11(15)7-16-18(13(12)20)8-10-5-4-6-10/h7,9-10,17,19H,4-6,8H2,1-3H3. The Balaban J connectivity index is 2.27. The van der Waals surface area contributed by atoms with E-state index in [1.165, 1.54) is 23.9 Å². The molecule has 0 aliphatic heterocycles. The molecule has 0 amide bonds. The van der Waals surface area contributed by atoms with Gasteiger partial charge in [-0.1, -0.05) is 6.42 Å². The smallest absolute Gasteiger partial charge is 0.291 e. The van der Waals surface area contributed by atoms with E-state index in [1.807, 2.05) is 13.8 Å². The molecule has 1 aliphatic rings. The topological polar surface area (TPSA) is 67.2 Å². The van der Waals surface area contributed by atoms with Crippen molar-refractivity contribution in [2.75, 3.05) is 5.32 Å². The monoisotopic (exact) mass is 343 g/mol. The van der Waals surface area contributed by atoms with Gasteiger partial charge in [-0.05, 0) is 55.5 Å². The minimum absolute atomic E-state index is 0.139. The number of hydrogen-bond donors (Lipinski definition) is 2. The number of aliphatic hydroxyl groups excluding tert-OH is 1. The van der Waals surface area contributed by atoms with Crippen molar-refractivity contribution >= 4 is 21.6 Å². The molecule has 1 saturated carbocycles. The maximum absolute atomic E-state index is 12.5. The number of nitrogens with zero attached hydrogens (tertiary/aromatic N) is 2. The van der Waals surface area contributed by atoms with Crippen LogP contribution in [0, 0.1) is 5.92 Å². The van der Waals surface area contributed by atoms with Crippen LogP contribution in [-0.4, -0.2) is 26.5 Å². The van der Waals surface area contributed by atoms with Crippen molar-refractivity contribution in [3.8, 4) is 0 Å². The van der Waals surface area contributed by atoms with E-state index in [9.17, 15) is 9.90 Å². The minimum atomic E-state index is -0.586. The summed E-state index contributed by atoms with van der Waals surface area (Å²) in [5.41, 5.74) is -0.262. The molecule has 6 heteroatoms. The van der Waals surface area contributed by atoms with E-state index in [1.54, 1.807) is 13.1 Å². The van der Waals surface area contributed by atoms with Gasteiger partial charge in [0, 0.05) is 6.54 Å². The molecule has 1 aromatic heterocycles. The summed E-state index contributed by atoms with van der Waals surface area (Å²) in [4.78, 5) is 12.5. The van der Waals surface area contributed by atoms with Gasteiger partial charge in [0.1, 0.15) is 5.69 Å². The fraction of sp³-hybridized carbons (Fsp3) is 0.714. The van der Waals surface area contributed by atoms with Gasteiger partial charge < -0.3 is 10.4 Å². The summed E-state index contributed by atoms with van der Waals surface area (Å²) in [6.07, 6.45) is 4.65. The van der Waals surface area contributed by atoms with E-state index in [0.717, 1.165) is 0 Å². The quantitative estimate of drug-likeness (QED) is 0.861. The van der Waals surface area contributed by atoms with E-state index >= 15 is 0 Å². The number of rotatable bonds is 5. The second kappa shape index (κ2) is 5.85. The van der Waals surface area contributed by atoms with Crippen LogP contribution in [-0.2, 0) is 6.54 Å². The van der Waals surface area contributed by atoms with Crippen LogP contribution in [0.1, 0.15) is 40.0 Å². The third-order valence-corrected chi connectivity index (χ3v) is 4.75. The van der Waals surface area contributed by atoms with Gasteiger partial charge in [-0.25, -0.2) is 4.68 Å². The van der Waals surface area contributed by atoms with Crippen LogP contribution < -0.4 is 10.9 Å². The van der Waals surface area contributed by atoms with Crippen molar-refractivity contribution in [1.29, 1.82) is 0 Å². The molecule has 1 heterocycles. The van der Waals surface area contributed by atoms with E-state index in [2.05, 4.69) is 26.3 Å². The predicted molar refractivity (Wildman–Crippen MR) is 82.9 cm³/mol. The molecular formula is C14H22BrN3O2. The number of halogens is 1. The van der Waals surface area contributed by atoms with E-state index in [-0.39, 0.29) is 5.56 Å². The lowest BCUT2D eigenvalue weighted by Crippen LogP contribution is -2.44. The minimum Gasteiger partial charge on any atom is -0.391 e. The molecule has 0 bridgehead atoms. The first-order valence-electron chi connectivity index (χ1n) is 7.03. The van der Waals surface area contributed by atoms with Crippen LogP contribution in [0.3, 0.4) is 0 Å². The molecule has 112 valence electrons. The van der Waals surface area contributed by atoms with Crippen molar-refractivity contribution in [1.82, 2.24) is 9.78 Å². The van der Waals surface area contributed by atoms with E-state index in [0.29, 0.717) is 22.6 Å². The van der Waals surface area contributed by atoms with E-state index in [4.69, 9.17) is 0 Å². The zero-order chi connectivity index (χ0) is 14.9. The Bertz CT molecular complexity index is 536. The summed E-state index contributed by atoms with van der Waals surface area (Å²) in [6.45, 7) is 6.10. The highest BCUT2D eigenvalue weighted by Gasteiger charge is 2.27. The predicted octanol–water partition coefficient (Wildman–Crippen LogP) is 2.38. The molecule has 0 saturated heterocycles. The van der Waals surface area contributed by atoms with Crippen molar-refractivity contribution < 1.29 is 5.11 Å². The summed E-state index contributed by atoms with van der Waals surface area (Å²) in [5, 5.41) is 17.1. The molecule has 1 aliphatic carbocycles. The summed E-state index contributed by atoms with van der Waals surface area (Å²) in [5.74, 6) is 0.569. The van der Waals surface area contributed by atoms with Crippen LogP contribution in [0.25, 0.3) is 0 Å². The number of aliphatic hydroxyl groups is 1. The Morgan fingerprint density at radius 2 is 2.25 bits per heavy atom. The second-order valence-corrected chi connectivity index (χ2v) is 7.03. The lowest BCUT2D eigenvalue weighted by atomic mass is 9.85. The first kappa shape index (κ1) is 15.5. The molecule has 2 rings (SSSR count). The Morgan fingerprint density at radius 3 is 2.75 bits per heavy atom. The third kappa shape index (κ3) is 3.23. The highest BCUT2D eigenvalue weighted by Crippen LogP contribution is 2.28. The highest BCUT2D eigenvalue weighted by molar-refractivity contribution is 9.10. The number of nitrogens with one attached hydrogen (secondary N) is 1. The molecular weight excluding hydrogens is 322 g/mol. The van der Waals surface area contributed by atoms with Crippen LogP contribution in [0.2, 0.25) is 0 Å². The summed E-state index contributed by atoms with van der Waals surface area (Å²) >= 11 is 3.36. The molecule has 1 aromatic rings. The summed E-state index contributed by atoms with van der Waals surface area (Å²) in [6, 6.07) is 0. The lowest BCUT2D eigenvalue weighted by Gasteiger charge is -2.31. The lowest BCUT2D eigenvalue weighted by molar-refractivity contribution is 0.133. The Morgan fingerprint density at radius 1 is 1.60 bits per heavy atom. The van der Waals surface area contributed by atoms with Crippen molar-refractivity contribution in [3.05, 3.63) is 21.0 Å². The van der Waals surface area contributed by atoms with Crippen LogP contribution >= 0.6 is 15.9 Å². The zero-order valence-corrected chi connectivity index (χ0v) is 13.8. The summed E-state index contributed by atoms with van der Waals surface area (Å²) < 4.78 is 2.15. The van der Waals surface area contributed by atoms with Gasteiger partial charge in [0.2, 0.25) is 0 Å². The average molecular weight is 344 g/mol. The van der Waals surface area contributed by atoms with Gasteiger partial charge in [-0.2, -0.15) is 5.10 Å². The average Bonchev–Trinajstić information content (AvgIpc) is 2.31. The second-order valence-electron chi connectivity index (χ2n) is 6.17. The molecule has 0 spiro atoms. The van der Waals surface area contributed by atoms with Gasteiger partial charge in [0.25, 0.3) is 5.56 Å². The maximum Gasteiger partial charge on any atom is 0.291 e. The van der Waals surface area contributed by atoms with Crippen LogP contribution in [0.4, 0.5) is 5.69 Å². The Kier molecular flexibility index (Phi) is 4.54. The first-order valence-corrected chi connectivity index (χ1v) is 7.82. The number of hydrogen-bond acceptors (Lipinski definition) is 4. The normalized spacial score (nSPS) is 17.6. The van der Waals surface area contributed by atoms with Gasteiger partial charge in [-0.3, -0.25) is 4.79 Å². The summed E-state index contributed by atoms with van der Waals surface area (Å²) in [7, 11) is 0. The highest BCUT2D eigenvalue weighted by atomic mass is 79.9. The first-order chi connectivity index (χ1) is 9.31. The Hall–Kier alpha value is -0.880. The van der Waals surface area contributed by atoms with Gasteiger partial charge >= 0.3 is 0 Å². The van der Waals surface area contributed by atoms with Crippen molar-refractivity contribution in [2.24, 2.45) is 5.92 Å². The largest absolute Gasteiger partial charge is 0.391 e. The molecule has 5 nitrogen and oxygen atoms in total. The number of anilines is 1. The zero-order valence-electron chi connectivity index (χ0n) is 12.2. The van der Waals surface area contributed by atoms with Crippen LogP contribution in [0.5, 0.6) is 0 Å². The molecule has 2 N–H and O–H groups in total. The van der Waals surface area contributed by atoms with Gasteiger partial charge in [0.15, 0.2) is 0 Å². The molecule has 1 unspecified atom stereocenters. The number of aromatic nitrogens is 2. The fourth-order valence-corrected chi connectivity index (χ4v) is 2.42.